The van der Waals surface area contributed by atoms with Crippen LogP contribution < -0.4 is 0 Å². The van der Waals surface area contributed by atoms with Gasteiger partial charge in [-0.1, -0.05) is 24.6 Å². The molecule has 0 aromatic carbocycles. The highest BCUT2D eigenvalue weighted by Crippen LogP contribution is 2.45. The van der Waals surface area contributed by atoms with Crippen LogP contribution in [-0.2, 0) is 0 Å². The highest BCUT2D eigenvalue weighted by Gasteiger charge is 2.11. The Balaban J connectivity index is 2.57. The van der Waals surface area contributed by atoms with Crippen LogP contribution in [-0.4, -0.2) is 17.9 Å². The van der Waals surface area contributed by atoms with Gasteiger partial charge in [0.15, 0.2) is 0 Å². The summed E-state index contributed by atoms with van der Waals surface area (Å²) in [6.07, 6.45) is 4.00. The summed E-state index contributed by atoms with van der Waals surface area (Å²) in [4.78, 5) is 0. The second kappa shape index (κ2) is 3.46. The van der Waals surface area contributed by atoms with Gasteiger partial charge in [0.25, 0.3) is 0 Å². The van der Waals surface area contributed by atoms with E-state index >= 15 is 0 Å². The van der Waals surface area contributed by atoms with Gasteiger partial charge in [-0.3, -0.25) is 4.31 Å². The van der Waals surface area contributed by atoms with E-state index in [1.165, 1.54) is 0 Å². The van der Waals surface area contributed by atoms with Crippen LogP contribution in [0.4, 0.5) is 0 Å². The van der Waals surface area contributed by atoms with E-state index in [2.05, 4.69) is 23.7 Å². The summed E-state index contributed by atoms with van der Waals surface area (Å²) < 4.78 is 3.25. The number of halogens is 1. The standard InChI is InChI=1S/C7H12ClNS/c1-3-9(2)10-6-4-5-7(10)8/h4-6,10H,3H2,1-2H3. The van der Waals surface area contributed by atoms with E-state index in [0.717, 1.165) is 10.9 Å². The van der Waals surface area contributed by atoms with Crippen molar-refractivity contribution in [1.82, 2.24) is 4.31 Å². The molecule has 0 saturated heterocycles. The average Bonchev–Trinajstić information content (AvgIpc) is 2.34. The minimum absolute atomic E-state index is 0.288. The summed E-state index contributed by atoms with van der Waals surface area (Å²) in [5.74, 6) is 0. The number of nitrogens with zero attached hydrogens (tertiary/aromatic N) is 1. The van der Waals surface area contributed by atoms with Crippen molar-refractivity contribution >= 4 is 22.7 Å². The third-order valence-electron chi connectivity index (χ3n) is 1.51. The van der Waals surface area contributed by atoms with Crippen molar-refractivity contribution in [3.63, 3.8) is 0 Å². The van der Waals surface area contributed by atoms with Crippen molar-refractivity contribution in [2.24, 2.45) is 0 Å². The fourth-order valence-electron chi connectivity index (χ4n) is 0.781. The minimum Gasteiger partial charge on any atom is -0.265 e. The fraction of sp³-hybridized carbons (Fsp3) is 0.429. The van der Waals surface area contributed by atoms with Crippen LogP contribution in [0.25, 0.3) is 0 Å². The molecule has 1 aliphatic rings. The van der Waals surface area contributed by atoms with Gasteiger partial charge in [0.1, 0.15) is 0 Å². The van der Waals surface area contributed by atoms with Crippen LogP contribution in [0.5, 0.6) is 0 Å². The van der Waals surface area contributed by atoms with E-state index in [4.69, 9.17) is 11.6 Å². The number of rotatable bonds is 2. The van der Waals surface area contributed by atoms with Gasteiger partial charge in [0.05, 0.1) is 4.36 Å². The molecule has 3 heteroatoms. The first-order valence-electron chi connectivity index (χ1n) is 3.30. The lowest BCUT2D eigenvalue weighted by atomic mass is 10.6. The molecule has 1 unspecified atom stereocenters. The Morgan fingerprint density at radius 2 is 2.40 bits per heavy atom. The highest BCUT2D eigenvalue weighted by atomic mass is 35.5. The molecule has 0 aromatic heterocycles. The first-order chi connectivity index (χ1) is 4.75. The molecule has 1 heterocycles. The van der Waals surface area contributed by atoms with Gasteiger partial charge in [-0.2, -0.15) is 0 Å². The van der Waals surface area contributed by atoms with Crippen molar-refractivity contribution in [2.45, 2.75) is 6.92 Å². The summed E-state index contributed by atoms with van der Waals surface area (Å²) in [7, 11) is 2.09. The average molecular weight is 178 g/mol. The Kier molecular flexibility index (Phi) is 2.83. The van der Waals surface area contributed by atoms with E-state index in [1.54, 1.807) is 0 Å². The maximum Gasteiger partial charge on any atom is 0.0697 e. The minimum atomic E-state index is -0.288. The zero-order valence-electron chi connectivity index (χ0n) is 6.21. The predicted molar refractivity (Wildman–Crippen MR) is 50.4 cm³/mol. The Labute approximate surface area is 69.8 Å². The summed E-state index contributed by atoms with van der Waals surface area (Å²) in [6.45, 7) is 3.19. The van der Waals surface area contributed by atoms with Crippen molar-refractivity contribution in [3.05, 3.63) is 21.9 Å². The van der Waals surface area contributed by atoms with Crippen LogP contribution in [0.2, 0.25) is 0 Å². The zero-order valence-corrected chi connectivity index (χ0v) is 7.86. The quantitative estimate of drug-likeness (QED) is 0.635. The molecule has 0 aromatic rings. The van der Waals surface area contributed by atoms with Crippen molar-refractivity contribution in [3.8, 4) is 0 Å². The number of hydrogen-bond acceptors (Lipinski definition) is 1. The molecule has 1 rings (SSSR count). The molecule has 0 fully saturated rings. The predicted octanol–water partition coefficient (Wildman–Crippen LogP) is 2.46. The van der Waals surface area contributed by atoms with Crippen molar-refractivity contribution in [1.29, 1.82) is 0 Å². The van der Waals surface area contributed by atoms with Gasteiger partial charge in [-0.15, -0.1) is 11.1 Å². The maximum atomic E-state index is 5.94. The molecule has 10 heavy (non-hydrogen) atoms. The highest BCUT2D eigenvalue weighted by molar-refractivity contribution is 8.22. The Bertz CT molecular complexity index is 176. The third kappa shape index (κ3) is 1.57. The Morgan fingerprint density at radius 3 is 2.80 bits per heavy atom. The Hall–Kier alpha value is 0.0800. The van der Waals surface area contributed by atoms with Gasteiger partial charge in [0.2, 0.25) is 0 Å². The SMILES string of the molecule is CCN(C)[SH]1C=CC=C1Cl. The molecular formula is C7H12ClNS. The first-order valence-corrected chi connectivity index (χ1v) is 5.04. The Morgan fingerprint density at radius 1 is 1.70 bits per heavy atom. The second-order valence-corrected chi connectivity index (χ2v) is 4.97. The molecule has 1 atom stereocenters. The first kappa shape index (κ1) is 8.18. The number of hydrogen-bond donors (Lipinski definition) is 1. The van der Waals surface area contributed by atoms with Crippen LogP contribution in [0, 0.1) is 0 Å². The molecule has 0 spiro atoms. The van der Waals surface area contributed by atoms with Crippen LogP contribution in [0.15, 0.2) is 21.9 Å². The van der Waals surface area contributed by atoms with Crippen LogP contribution in [0.3, 0.4) is 0 Å². The maximum absolute atomic E-state index is 5.94. The van der Waals surface area contributed by atoms with Gasteiger partial charge < -0.3 is 0 Å². The molecule has 0 radical (unpaired) electrons. The van der Waals surface area contributed by atoms with Gasteiger partial charge in [-0.25, -0.2) is 0 Å². The van der Waals surface area contributed by atoms with Gasteiger partial charge >= 0.3 is 0 Å². The topological polar surface area (TPSA) is 3.24 Å². The molecule has 0 amide bonds. The van der Waals surface area contributed by atoms with Crippen molar-refractivity contribution < 1.29 is 0 Å². The summed E-state index contributed by atoms with van der Waals surface area (Å²) >= 11 is 5.65. The van der Waals surface area contributed by atoms with E-state index in [0.29, 0.717) is 0 Å². The molecule has 0 N–H and O–H groups in total. The lowest BCUT2D eigenvalue weighted by Gasteiger charge is -2.24. The monoisotopic (exact) mass is 177 g/mol. The lowest BCUT2D eigenvalue weighted by molar-refractivity contribution is 0.601. The molecule has 0 saturated carbocycles. The summed E-state index contributed by atoms with van der Waals surface area (Å²) in [5, 5.41) is 2.17. The zero-order chi connectivity index (χ0) is 7.56. The lowest BCUT2D eigenvalue weighted by Crippen LogP contribution is -2.11. The number of allylic oxidation sites excluding steroid dienone is 2. The fourth-order valence-corrected chi connectivity index (χ4v) is 2.90. The summed E-state index contributed by atoms with van der Waals surface area (Å²) in [5.41, 5.74) is 0. The molecule has 1 nitrogen and oxygen atoms in total. The molecule has 1 aliphatic heterocycles. The second-order valence-electron chi connectivity index (χ2n) is 2.15. The largest absolute Gasteiger partial charge is 0.265 e. The molecular weight excluding hydrogens is 166 g/mol. The molecule has 58 valence electrons. The van der Waals surface area contributed by atoms with E-state index in [-0.39, 0.29) is 11.1 Å². The van der Waals surface area contributed by atoms with Gasteiger partial charge in [-0.05, 0) is 18.5 Å². The van der Waals surface area contributed by atoms with Crippen LogP contribution >= 0.6 is 22.7 Å². The molecule has 0 aliphatic carbocycles. The van der Waals surface area contributed by atoms with E-state index in [9.17, 15) is 0 Å². The third-order valence-corrected chi connectivity index (χ3v) is 4.21. The summed E-state index contributed by atoms with van der Waals surface area (Å²) in [6, 6.07) is 0. The van der Waals surface area contributed by atoms with Crippen LogP contribution in [0.1, 0.15) is 6.92 Å². The van der Waals surface area contributed by atoms with E-state index in [1.807, 2.05) is 12.2 Å². The molecule has 0 bridgehead atoms. The van der Waals surface area contributed by atoms with Crippen molar-refractivity contribution in [2.75, 3.05) is 13.6 Å². The van der Waals surface area contributed by atoms with Gasteiger partial charge in [0, 0.05) is 6.54 Å². The van der Waals surface area contributed by atoms with E-state index < -0.39 is 0 Å². The number of thiol groups is 1. The smallest absolute Gasteiger partial charge is 0.0697 e. The normalized spacial score (nSPS) is 27.6.